The van der Waals surface area contributed by atoms with Gasteiger partial charge in [-0.05, 0) is 69.2 Å². The van der Waals surface area contributed by atoms with Crippen molar-refractivity contribution in [2.45, 2.75) is 63.1 Å². The molecule has 6 heterocycles. The first-order valence-corrected chi connectivity index (χ1v) is 12.6. The van der Waals surface area contributed by atoms with Gasteiger partial charge in [0.1, 0.15) is 12.4 Å². The Balaban J connectivity index is 1.10. The molecular weight excluding hydrogens is 445 g/mol. The number of likely N-dealkylation sites (N-methyl/N-ethyl adjacent to an activating group) is 1. The fourth-order valence-electron chi connectivity index (χ4n) is 5.75. The average Bonchev–Trinajstić information content (AvgIpc) is 2.88. The van der Waals surface area contributed by atoms with E-state index < -0.39 is 0 Å². The summed E-state index contributed by atoms with van der Waals surface area (Å²) < 4.78 is 27.0. The zero-order chi connectivity index (χ0) is 24.0. The average molecular weight is 478 g/mol. The summed E-state index contributed by atoms with van der Waals surface area (Å²) in [5.74, 6) is 1.49. The minimum Gasteiger partial charge on any atom is -0.488 e. The van der Waals surface area contributed by atoms with Crippen LogP contribution in [0.4, 0.5) is 10.2 Å². The van der Waals surface area contributed by atoms with Gasteiger partial charge in [0.15, 0.2) is 11.6 Å². The summed E-state index contributed by atoms with van der Waals surface area (Å²) in [6.45, 7) is 4.90. The van der Waals surface area contributed by atoms with Crippen LogP contribution in [0, 0.1) is 12.7 Å². The Morgan fingerprint density at radius 3 is 2.80 bits per heavy atom. The molecule has 35 heavy (non-hydrogen) atoms. The molecule has 3 aliphatic heterocycles. The molecule has 7 nitrogen and oxygen atoms in total. The molecule has 8 heteroatoms. The fourth-order valence-corrected chi connectivity index (χ4v) is 5.75. The van der Waals surface area contributed by atoms with Crippen LogP contribution in [0.2, 0.25) is 0 Å². The number of pyridine rings is 3. The molecule has 184 valence electrons. The third kappa shape index (κ3) is 4.23. The third-order valence-corrected chi connectivity index (χ3v) is 8.11. The number of anilines is 1. The number of nitrogens with zero attached hydrogens (tertiary/aromatic N) is 4. The van der Waals surface area contributed by atoms with E-state index in [1.54, 1.807) is 0 Å². The monoisotopic (exact) mass is 477 g/mol. The van der Waals surface area contributed by atoms with Gasteiger partial charge in [0.05, 0.1) is 36.0 Å². The van der Waals surface area contributed by atoms with E-state index in [1.807, 2.05) is 32.3 Å². The zero-order valence-corrected chi connectivity index (χ0v) is 20.4. The van der Waals surface area contributed by atoms with Crippen LogP contribution in [0.3, 0.4) is 0 Å². The number of halogens is 1. The van der Waals surface area contributed by atoms with Gasteiger partial charge in [-0.3, -0.25) is 9.97 Å². The smallest absolute Gasteiger partial charge is 0.171 e. The highest BCUT2D eigenvalue weighted by Crippen LogP contribution is 2.46. The second-order valence-corrected chi connectivity index (χ2v) is 10.4. The lowest BCUT2D eigenvalue weighted by atomic mass is 9.69. The van der Waals surface area contributed by atoms with Crippen LogP contribution >= 0.6 is 0 Å². The van der Waals surface area contributed by atoms with E-state index in [4.69, 9.17) is 9.47 Å². The van der Waals surface area contributed by atoms with Crippen LogP contribution in [0.15, 0.2) is 30.6 Å². The third-order valence-electron chi connectivity index (χ3n) is 8.11. The summed E-state index contributed by atoms with van der Waals surface area (Å²) in [7, 11) is 2.04. The molecule has 3 aromatic rings. The summed E-state index contributed by atoms with van der Waals surface area (Å²) in [5.41, 5.74) is 3.89. The van der Waals surface area contributed by atoms with Gasteiger partial charge in [-0.25, -0.2) is 9.37 Å². The van der Waals surface area contributed by atoms with Crippen molar-refractivity contribution in [1.29, 1.82) is 0 Å². The van der Waals surface area contributed by atoms with Crippen molar-refractivity contribution >= 4 is 16.9 Å². The second kappa shape index (κ2) is 8.68. The zero-order valence-electron chi connectivity index (χ0n) is 20.4. The Morgan fingerprint density at radius 1 is 1.14 bits per heavy atom. The van der Waals surface area contributed by atoms with Crippen molar-refractivity contribution < 1.29 is 13.9 Å². The van der Waals surface area contributed by atoms with Gasteiger partial charge in [-0.1, -0.05) is 0 Å². The first-order valence-electron chi connectivity index (χ1n) is 12.6. The Labute approximate surface area is 205 Å². The van der Waals surface area contributed by atoms with Gasteiger partial charge in [0.25, 0.3) is 0 Å². The van der Waals surface area contributed by atoms with Gasteiger partial charge in [-0.15, -0.1) is 0 Å². The summed E-state index contributed by atoms with van der Waals surface area (Å²) in [4.78, 5) is 15.5. The molecular formula is C27H32FN5O2. The van der Waals surface area contributed by atoms with E-state index >= 15 is 0 Å². The molecule has 0 spiro atoms. The van der Waals surface area contributed by atoms with E-state index in [-0.39, 0.29) is 17.0 Å². The predicted molar refractivity (Wildman–Crippen MR) is 132 cm³/mol. The Bertz CT molecular complexity index is 1240. The highest BCUT2D eigenvalue weighted by molar-refractivity contribution is 5.77. The first kappa shape index (κ1) is 22.6. The normalized spacial score (nSPS) is 25.5. The number of aryl methyl sites for hydroxylation is 2. The Kier molecular flexibility index (Phi) is 5.60. The molecule has 4 aliphatic rings. The second-order valence-electron chi connectivity index (χ2n) is 10.4. The van der Waals surface area contributed by atoms with Crippen LogP contribution in [-0.2, 0) is 17.7 Å². The number of aromatic nitrogens is 3. The maximum Gasteiger partial charge on any atom is 0.171 e. The van der Waals surface area contributed by atoms with Crippen molar-refractivity contribution in [3.63, 3.8) is 0 Å². The number of nitrogens with one attached hydrogen (secondary N) is 1. The highest BCUT2D eigenvalue weighted by Gasteiger charge is 2.49. The number of fused-ring (bicyclic) bond motifs is 5. The number of hydrogen-bond acceptors (Lipinski definition) is 7. The van der Waals surface area contributed by atoms with Crippen LogP contribution < -0.4 is 15.0 Å². The quantitative estimate of drug-likeness (QED) is 0.573. The van der Waals surface area contributed by atoms with E-state index in [2.05, 4.69) is 31.2 Å². The summed E-state index contributed by atoms with van der Waals surface area (Å²) >= 11 is 0. The molecule has 1 aliphatic carbocycles. The molecule has 7 rings (SSSR count). The molecule has 0 atom stereocenters. The Hall–Kier alpha value is -2.84. The van der Waals surface area contributed by atoms with Gasteiger partial charge < -0.3 is 19.7 Å². The van der Waals surface area contributed by atoms with Crippen molar-refractivity contribution in [2.24, 2.45) is 0 Å². The summed E-state index contributed by atoms with van der Waals surface area (Å²) in [6.07, 6.45) is 8.74. The molecule has 1 N–H and O–H groups in total. The maximum absolute atomic E-state index is 14.7. The van der Waals surface area contributed by atoms with Crippen molar-refractivity contribution in [3.8, 4) is 5.75 Å². The lowest BCUT2D eigenvalue weighted by Crippen LogP contribution is -2.61. The van der Waals surface area contributed by atoms with Crippen LogP contribution in [0.5, 0.6) is 5.75 Å². The topological polar surface area (TPSA) is 72.4 Å². The lowest BCUT2D eigenvalue weighted by Gasteiger charge is -2.53. The summed E-state index contributed by atoms with van der Waals surface area (Å²) in [6, 6.07) is 5.93. The standard InChI is InChI=1S/C27H32FN5O2/c1-18-3-4-22-24(32-18)20(21(28)16-29-22)5-6-27-9-7-26(8-10-27,17-35-27)31-15-19-13-23-25(30-14-19)33(2)11-12-34-23/h3-4,13-14,16,31H,5-12,15,17H2,1-2H3. The van der Waals surface area contributed by atoms with Crippen molar-refractivity contribution in [2.75, 3.05) is 31.7 Å². The fraction of sp³-hybridized carbons (Fsp3) is 0.519. The molecule has 3 fully saturated rings. The first-order chi connectivity index (χ1) is 16.9. The molecule has 2 saturated heterocycles. The lowest BCUT2D eigenvalue weighted by molar-refractivity contribution is -0.165. The van der Waals surface area contributed by atoms with Crippen LogP contribution in [-0.4, -0.2) is 52.9 Å². The number of ether oxygens (including phenoxy) is 2. The van der Waals surface area contributed by atoms with Gasteiger partial charge in [-0.2, -0.15) is 0 Å². The van der Waals surface area contributed by atoms with Gasteiger partial charge in [0, 0.05) is 36.6 Å². The SMILES string of the molecule is Cc1ccc2ncc(F)c(CCC34CCC(NCc5cnc6c(c5)OCCN6C)(CC3)CO4)c2n1. The Morgan fingerprint density at radius 2 is 2.00 bits per heavy atom. The summed E-state index contributed by atoms with van der Waals surface area (Å²) in [5, 5.41) is 3.78. The van der Waals surface area contributed by atoms with Crippen molar-refractivity contribution in [3.05, 3.63) is 53.2 Å². The molecule has 1 saturated carbocycles. The molecule has 3 aromatic heterocycles. The minimum absolute atomic E-state index is 0.0113. The van der Waals surface area contributed by atoms with E-state index in [0.29, 0.717) is 30.7 Å². The number of hydrogen-bond donors (Lipinski definition) is 1. The highest BCUT2D eigenvalue weighted by atomic mass is 19.1. The molecule has 0 amide bonds. The van der Waals surface area contributed by atoms with Crippen LogP contribution in [0.25, 0.3) is 11.0 Å². The van der Waals surface area contributed by atoms with Gasteiger partial charge in [0.2, 0.25) is 0 Å². The molecule has 0 radical (unpaired) electrons. The van der Waals surface area contributed by atoms with E-state index in [9.17, 15) is 4.39 Å². The largest absolute Gasteiger partial charge is 0.488 e. The minimum atomic E-state index is -0.275. The van der Waals surface area contributed by atoms with Gasteiger partial charge >= 0.3 is 0 Å². The number of rotatable bonds is 6. The van der Waals surface area contributed by atoms with E-state index in [0.717, 1.165) is 73.5 Å². The predicted octanol–water partition coefficient (Wildman–Crippen LogP) is 4.11. The van der Waals surface area contributed by atoms with Crippen molar-refractivity contribution in [1.82, 2.24) is 20.3 Å². The molecule has 0 unspecified atom stereocenters. The maximum atomic E-state index is 14.7. The van der Waals surface area contributed by atoms with Crippen LogP contribution in [0.1, 0.15) is 48.9 Å². The molecule has 2 bridgehead atoms. The molecule has 0 aromatic carbocycles. The van der Waals surface area contributed by atoms with E-state index in [1.165, 1.54) is 6.20 Å².